The molecule has 1 aliphatic rings. The van der Waals surface area contributed by atoms with Crippen LogP contribution in [0.3, 0.4) is 0 Å². The van der Waals surface area contributed by atoms with Crippen molar-refractivity contribution in [3.8, 4) is 6.07 Å². The number of aromatic nitrogens is 3. The summed E-state index contributed by atoms with van der Waals surface area (Å²) in [4.78, 5) is 25.3. The molecular formula is C16H20N6O. The number of nitrogens with one attached hydrogen (secondary N) is 2. The van der Waals surface area contributed by atoms with Crippen LogP contribution in [0.1, 0.15) is 26.7 Å². The van der Waals surface area contributed by atoms with Gasteiger partial charge in [0, 0.05) is 24.8 Å². The summed E-state index contributed by atoms with van der Waals surface area (Å²) >= 11 is 0. The zero-order valence-corrected chi connectivity index (χ0v) is 13.3. The monoisotopic (exact) mass is 312 g/mol. The Bertz CT molecular complexity index is 763. The summed E-state index contributed by atoms with van der Waals surface area (Å²) in [6, 6.07) is 3.88. The van der Waals surface area contributed by atoms with Gasteiger partial charge in [-0.25, -0.2) is 9.97 Å². The second-order valence-electron chi connectivity index (χ2n) is 6.24. The maximum absolute atomic E-state index is 12.0. The third-order valence-corrected chi connectivity index (χ3v) is 4.94. The van der Waals surface area contributed by atoms with Crippen molar-refractivity contribution in [2.75, 3.05) is 18.4 Å². The van der Waals surface area contributed by atoms with Crippen LogP contribution in [-0.2, 0) is 4.79 Å². The van der Waals surface area contributed by atoms with Gasteiger partial charge < -0.3 is 15.2 Å². The van der Waals surface area contributed by atoms with Crippen LogP contribution in [0.25, 0.3) is 11.0 Å². The van der Waals surface area contributed by atoms with Crippen LogP contribution in [0.2, 0.25) is 0 Å². The molecule has 3 heterocycles. The first-order chi connectivity index (χ1) is 11.1. The summed E-state index contributed by atoms with van der Waals surface area (Å²) in [6.45, 7) is 5.66. The van der Waals surface area contributed by atoms with Gasteiger partial charge in [0.05, 0.1) is 11.5 Å². The molecule has 0 aromatic carbocycles. The molecule has 23 heavy (non-hydrogen) atoms. The van der Waals surface area contributed by atoms with Gasteiger partial charge in [-0.2, -0.15) is 5.26 Å². The third-order valence-electron chi connectivity index (χ3n) is 4.94. The number of aromatic amines is 1. The zero-order valence-electron chi connectivity index (χ0n) is 13.3. The predicted molar refractivity (Wildman–Crippen MR) is 86.5 cm³/mol. The number of hydrogen-bond donors (Lipinski definition) is 2. The van der Waals surface area contributed by atoms with Gasteiger partial charge in [0.25, 0.3) is 0 Å². The third kappa shape index (κ3) is 2.61. The lowest BCUT2D eigenvalue weighted by Gasteiger charge is -2.56. The number of nitriles is 1. The quantitative estimate of drug-likeness (QED) is 0.879. The number of rotatable bonds is 5. The second kappa shape index (κ2) is 5.88. The van der Waals surface area contributed by atoms with E-state index in [1.54, 1.807) is 0 Å². The Labute approximate surface area is 134 Å². The molecule has 7 nitrogen and oxygen atoms in total. The lowest BCUT2D eigenvalue weighted by molar-refractivity contribution is -0.153. The van der Waals surface area contributed by atoms with Crippen molar-refractivity contribution in [3.63, 3.8) is 0 Å². The molecule has 2 N–H and O–H groups in total. The number of fused-ring (bicyclic) bond motifs is 1. The van der Waals surface area contributed by atoms with Gasteiger partial charge in [-0.3, -0.25) is 4.79 Å². The van der Waals surface area contributed by atoms with Crippen LogP contribution in [0.5, 0.6) is 0 Å². The minimum atomic E-state index is -0.203. The lowest BCUT2D eigenvalue weighted by atomic mass is 9.74. The molecular weight excluding hydrogens is 292 g/mol. The normalized spacial score (nSPS) is 23.3. The van der Waals surface area contributed by atoms with E-state index in [1.165, 1.54) is 6.33 Å². The average Bonchev–Trinajstić information content (AvgIpc) is 3.02. The first kappa shape index (κ1) is 15.3. The van der Waals surface area contributed by atoms with Crippen molar-refractivity contribution in [3.05, 3.63) is 18.6 Å². The zero-order chi connectivity index (χ0) is 16.4. The van der Waals surface area contributed by atoms with E-state index in [1.807, 2.05) is 23.2 Å². The maximum Gasteiger partial charge on any atom is 0.237 e. The van der Waals surface area contributed by atoms with Crippen LogP contribution >= 0.6 is 0 Å². The summed E-state index contributed by atoms with van der Waals surface area (Å²) in [7, 11) is 0. The topological polar surface area (TPSA) is 97.7 Å². The lowest BCUT2D eigenvalue weighted by Crippen LogP contribution is -2.66. The van der Waals surface area contributed by atoms with E-state index in [9.17, 15) is 4.79 Å². The van der Waals surface area contributed by atoms with Gasteiger partial charge in [0.1, 0.15) is 24.2 Å². The number of amides is 1. The van der Waals surface area contributed by atoms with Crippen molar-refractivity contribution in [2.24, 2.45) is 5.92 Å². The van der Waals surface area contributed by atoms with Gasteiger partial charge >= 0.3 is 0 Å². The molecule has 2 aromatic heterocycles. The molecule has 1 saturated heterocycles. The van der Waals surface area contributed by atoms with Crippen molar-refractivity contribution < 1.29 is 4.79 Å². The first-order valence-corrected chi connectivity index (χ1v) is 7.75. The van der Waals surface area contributed by atoms with Crippen LogP contribution < -0.4 is 5.32 Å². The highest BCUT2D eigenvalue weighted by atomic mass is 16.2. The van der Waals surface area contributed by atoms with Gasteiger partial charge in [-0.15, -0.1) is 0 Å². The van der Waals surface area contributed by atoms with E-state index in [-0.39, 0.29) is 17.9 Å². The molecule has 2 aromatic rings. The molecule has 0 aliphatic carbocycles. The maximum atomic E-state index is 12.0. The number of likely N-dealkylation sites (tertiary alicyclic amines) is 1. The van der Waals surface area contributed by atoms with Crippen molar-refractivity contribution >= 4 is 22.8 Å². The SMILES string of the molecule is C[C@H]1CN(C(=O)CC#N)[C@]1(C)CCNc1ncnc2[nH]ccc12. The summed E-state index contributed by atoms with van der Waals surface area (Å²) < 4.78 is 0. The highest BCUT2D eigenvalue weighted by molar-refractivity contribution is 5.86. The highest BCUT2D eigenvalue weighted by Gasteiger charge is 2.48. The molecule has 1 aliphatic heterocycles. The number of anilines is 1. The van der Waals surface area contributed by atoms with Gasteiger partial charge in [0.15, 0.2) is 0 Å². The van der Waals surface area contributed by atoms with E-state index in [2.05, 4.69) is 34.1 Å². The standard InChI is InChI=1S/C16H20N6O/c1-11-9-22(13(23)3-6-17)16(11,2)5-8-19-15-12-4-7-18-14(12)20-10-21-15/h4,7,10-11H,3,5,8-9H2,1-2H3,(H2,18,19,20,21)/t11-,16+/m0/s1. The second-order valence-corrected chi connectivity index (χ2v) is 6.24. The van der Waals surface area contributed by atoms with Crippen LogP contribution in [-0.4, -0.2) is 44.4 Å². The van der Waals surface area contributed by atoms with Crippen molar-refractivity contribution in [1.29, 1.82) is 5.26 Å². The molecule has 120 valence electrons. The Balaban J connectivity index is 1.64. The van der Waals surface area contributed by atoms with E-state index < -0.39 is 0 Å². The Kier molecular flexibility index (Phi) is 3.90. The van der Waals surface area contributed by atoms with E-state index in [0.29, 0.717) is 12.5 Å². The minimum absolute atomic E-state index is 0.0500. The molecule has 7 heteroatoms. The molecule has 0 spiro atoms. The Morgan fingerprint density at radius 3 is 3.17 bits per heavy atom. The van der Waals surface area contributed by atoms with Crippen LogP contribution in [0.15, 0.2) is 18.6 Å². The number of H-pyrrole nitrogens is 1. The smallest absolute Gasteiger partial charge is 0.237 e. The molecule has 0 unspecified atom stereocenters. The van der Waals surface area contributed by atoms with E-state index >= 15 is 0 Å². The molecule has 2 atom stereocenters. The van der Waals surface area contributed by atoms with Gasteiger partial charge in [0.2, 0.25) is 5.91 Å². The molecule has 1 amide bonds. The fraction of sp³-hybridized carbons (Fsp3) is 0.500. The summed E-state index contributed by atoms with van der Waals surface area (Å²) in [6.07, 6.45) is 4.12. The van der Waals surface area contributed by atoms with Crippen LogP contribution in [0.4, 0.5) is 5.82 Å². The minimum Gasteiger partial charge on any atom is -0.369 e. The fourth-order valence-corrected chi connectivity index (χ4v) is 3.21. The molecule has 1 fully saturated rings. The molecule has 0 bridgehead atoms. The number of carbonyl (C=O) groups excluding carboxylic acids is 1. The summed E-state index contributed by atoms with van der Waals surface area (Å²) in [5.41, 5.74) is 0.599. The first-order valence-electron chi connectivity index (χ1n) is 7.75. The van der Waals surface area contributed by atoms with E-state index in [4.69, 9.17) is 5.26 Å². The molecule has 0 radical (unpaired) electrons. The summed E-state index contributed by atoms with van der Waals surface area (Å²) in [5.74, 6) is 1.13. The van der Waals surface area contributed by atoms with Crippen LogP contribution in [0, 0.1) is 17.2 Å². The number of nitrogens with zero attached hydrogens (tertiary/aromatic N) is 4. The number of carbonyl (C=O) groups is 1. The average molecular weight is 312 g/mol. The largest absolute Gasteiger partial charge is 0.369 e. The number of hydrogen-bond acceptors (Lipinski definition) is 5. The van der Waals surface area contributed by atoms with E-state index in [0.717, 1.165) is 29.8 Å². The van der Waals surface area contributed by atoms with Crippen molar-refractivity contribution in [1.82, 2.24) is 19.9 Å². The Hall–Kier alpha value is -2.62. The molecule has 0 saturated carbocycles. The highest BCUT2D eigenvalue weighted by Crippen LogP contribution is 2.39. The Morgan fingerprint density at radius 2 is 2.43 bits per heavy atom. The predicted octanol–water partition coefficient (Wildman–Crippen LogP) is 1.91. The molecule has 3 rings (SSSR count). The summed E-state index contributed by atoms with van der Waals surface area (Å²) in [5, 5.41) is 13.0. The Morgan fingerprint density at radius 1 is 1.61 bits per heavy atom. The van der Waals surface area contributed by atoms with Gasteiger partial charge in [-0.1, -0.05) is 6.92 Å². The fourth-order valence-electron chi connectivity index (χ4n) is 3.21. The van der Waals surface area contributed by atoms with Gasteiger partial charge in [-0.05, 0) is 25.3 Å². The van der Waals surface area contributed by atoms with Crippen molar-refractivity contribution in [2.45, 2.75) is 32.2 Å².